The number of halogens is 1. The van der Waals surface area contributed by atoms with Gasteiger partial charge in [-0.15, -0.1) is 0 Å². The zero-order chi connectivity index (χ0) is 11.7. The molecule has 0 saturated heterocycles. The van der Waals surface area contributed by atoms with Crippen LogP contribution in [0.25, 0.3) is 0 Å². The third kappa shape index (κ3) is 1.81. The van der Waals surface area contributed by atoms with E-state index >= 15 is 0 Å². The molecule has 2 rings (SSSR count). The standard InChI is InChI=1S/C10H9FN2O3/c11-5-2-1-3-6-9(5)12-7(4-8(14)15)10(16)13-6/h1-3,7,12H,4H2,(H,13,16)(H,14,15). The van der Waals surface area contributed by atoms with Crippen LogP contribution in [-0.4, -0.2) is 23.0 Å². The third-order valence-electron chi connectivity index (χ3n) is 2.29. The van der Waals surface area contributed by atoms with E-state index in [9.17, 15) is 14.0 Å². The first-order valence-electron chi connectivity index (χ1n) is 4.65. The van der Waals surface area contributed by atoms with Gasteiger partial charge in [0, 0.05) is 0 Å². The molecule has 0 fully saturated rings. The van der Waals surface area contributed by atoms with Gasteiger partial charge in [-0.1, -0.05) is 6.07 Å². The summed E-state index contributed by atoms with van der Waals surface area (Å²) in [6.07, 6.45) is -0.389. The maximum atomic E-state index is 13.3. The number of hydrogen-bond donors (Lipinski definition) is 3. The summed E-state index contributed by atoms with van der Waals surface area (Å²) in [5, 5.41) is 13.6. The highest BCUT2D eigenvalue weighted by Gasteiger charge is 2.28. The Hall–Kier alpha value is -2.11. The molecule has 0 bridgehead atoms. The molecular formula is C10H9FN2O3. The number of aliphatic carboxylic acids is 1. The van der Waals surface area contributed by atoms with Crippen LogP contribution in [-0.2, 0) is 9.59 Å². The Labute approximate surface area is 90.3 Å². The highest BCUT2D eigenvalue weighted by Crippen LogP contribution is 2.29. The molecule has 1 amide bonds. The molecular weight excluding hydrogens is 215 g/mol. The minimum atomic E-state index is -1.12. The van der Waals surface area contributed by atoms with Crippen molar-refractivity contribution >= 4 is 23.3 Å². The number of nitrogens with one attached hydrogen (secondary N) is 2. The third-order valence-corrected chi connectivity index (χ3v) is 2.29. The Morgan fingerprint density at radius 3 is 2.94 bits per heavy atom. The number of rotatable bonds is 2. The maximum absolute atomic E-state index is 13.3. The number of benzene rings is 1. The van der Waals surface area contributed by atoms with E-state index in [1.165, 1.54) is 12.1 Å². The summed E-state index contributed by atoms with van der Waals surface area (Å²) in [4.78, 5) is 21.9. The van der Waals surface area contributed by atoms with E-state index in [1.807, 2.05) is 0 Å². The smallest absolute Gasteiger partial charge is 0.305 e. The van der Waals surface area contributed by atoms with Crippen LogP contribution in [0.4, 0.5) is 15.8 Å². The summed E-state index contributed by atoms with van der Waals surface area (Å²) in [5.41, 5.74) is 0.458. The second-order valence-electron chi connectivity index (χ2n) is 3.45. The Morgan fingerprint density at radius 1 is 1.50 bits per heavy atom. The van der Waals surface area contributed by atoms with Crippen molar-refractivity contribution in [1.82, 2.24) is 0 Å². The van der Waals surface area contributed by atoms with Crippen molar-refractivity contribution in [1.29, 1.82) is 0 Å². The summed E-state index contributed by atoms with van der Waals surface area (Å²) >= 11 is 0. The molecule has 0 aromatic heterocycles. The van der Waals surface area contributed by atoms with E-state index in [4.69, 9.17) is 5.11 Å². The van der Waals surface area contributed by atoms with Crippen LogP contribution < -0.4 is 10.6 Å². The summed E-state index contributed by atoms with van der Waals surface area (Å²) in [7, 11) is 0. The summed E-state index contributed by atoms with van der Waals surface area (Å²) in [6, 6.07) is 3.30. The fourth-order valence-corrected chi connectivity index (χ4v) is 1.55. The van der Waals surface area contributed by atoms with Gasteiger partial charge in [-0.3, -0.25) is 9.59 Å². The van der Waals surface area contributed by atoms with E-state index in [2.05, 4.69) is 10.6 Å². The molecule has 1 atom stereocenters. The van der Waals surface area contributed by atoms with Crippen molar-refractivity contribution < 1.29 is 19.1 Å². The number of amides is 1. The van der Waals surface area contributed by atoms with Gasteiger partial charge in [0.25, 0.3) is 0 Å². The van der Waals surface area contributed by atoms with Gasteiger partial charge < -0.3 is 15.7 Å². The average Bonchev–Trinajstić information content (AvgIpc) is 2.20. The molecule has 6 heteroatoms. The molecule has 1 aromatic carbocycles. The predicted molar refractivity (Wildman–Crippen MR) is 54.7 cm³/mol. The van der Waals surface area contributed by atoms with Crippen molar-refractivity contribution in [2.24, 2.45) is 0 Å². The number of hydrogen-bond acceptors (Lipinski definition) is 3. The number of carbonyl (C=O) groups excluding carboxylic acids is 1. The lowest BCUT2D eigenvalue weighted by atomic mass is 10.1. The Balaban J connectivity index is 2.30. The molecule has 1 unspecified atom stereocenters. The van der Waals surface area contributed by atoms with Crippen molar-refractivity contribution in [3.63, 3.8) is 0 Å². The first-order valence-corrected chi connectivity index (χ1v) is 4.65. The normalized spacial score (nSPS) is 18.3. The van der Waals surface area contributed by atoms with E-state index in [-0.39, 0.29) is 12.1 Å². The lowest BCUT2D eigenvalue weighted by Gasteiger charge is -2.25. The Morgan fingerprint density at radius 2 is 2.25 bits per heavy atom. The maximum Gasteiger partial charge on any atom is 0.305 e. The summed E-state index contributed by atoms with van der Waals surface area (Å²) in [5.74, 6) is -2.11. The molecule has 5 nitrogen and oxygen atoms in total. The summed E-state index contributed by atoms with van der Waals surface area (Å²) < 4.78 is 13.3. The van der Waals surface area contributed by atoms with E-state index in [1.54, 1.807) is 6.07 Å². The molecule has 16 heavy (non-hydrogen) atoms. The zero-order valence-electron chi connectivity index (χ0n) is 8.16. The van der Waals surface area contributed by atoms with Gasteiger partial charge in [-0.25, -0.2) is 4.39 Å². The number of fused-ring (bicyclic) bond motifs is 1. The molecule has 0 spiro atoms. The quantitative estimate of drug-likeness (QED) is 0.701. The van der Waals surface area contributed by atoms with Crippen molar-refractivity contribution in [3.05, 3.63) is 24.0 Å². The van der Waals surface area contributed by atoms with Gasteiger partial charge >= 0.3 is 5.97 Å². The van der Waals surface area contributed by atoms with E-state index in [0.717, 1.165) is 0 Å². The molecule has 1 aliphatic rings. The predicted octanol–water partition coefficient (Wildman–Crippen LogP) is 1.03. The minimum absolute atomic E-state index is 0.133. The summed E-state index contributed by atoms with van der Waals surface area (Å²) in [6.45, 7) is 0. The van der Waals surface area contributed by atoms with Crippen LogP contribution in [0.3, 0.4) is 0 Å². The van der Waals surface area contributed by atoms with Gasteiger partial charge in [-0.05, 0) is 12.1 Å². The molecule has 1 aliphatic heterocycles. The number of carboxylic acids is 1. The second kappa shape index (κ2) is 3.80. The number of anilines is 2. The fourth-order valence-electron chi connectivity index (χ4n) is 1.55. The molecule has 84 valence electrons. The van der Waals surface area contributed by atoms with Crippen LogP contribution in [0.5, 0.6) is 0 Å². The van der Waals surface area contributed by atoms with Gasteiger partial charge in [0.05, 0.1) is 17.8 Å². The fraction of sp³-hybridized carbons (Fsp3) is 0.200. The van der Waals surface area contributed by atoms with Gasteiger partial charge in [-0.2, -0.15) is 0 Å². The van der Waals surface area contributed by atoms with Crippen LogP contribution in [0.15, 0.2) is 18.2 Å². The van der Waals surface area contributed by atoms with Crippen LogP contribution >= 0.6 is 0 Å². The van der Waals surface area contributed by atoms with Crippen LogP contribution in [0.2, 0.25) is 0 Å². The first kappa shape index (κ1) is 10.4. The van der Waals surface area contributed by atoms with Gasteiger partial charge in [0.15, 0.2) is 0 Å². The minimum Gasteiger partial charge on any atom is -0.481 e. The molecule has 0 radical (unpaired) electrons. The van der Waals surface area contributed by atoms with Crippen molar-refractivity contribution in [3.8, 4) is 0 Å². The highest BCUT2D eigenvalue weighted by atomic mass is 19.1. The van der Waals surface area contributed by atoms with Gasteiger partial charge in [0.1, 0.15) is 11.9 Å². The number of para-hydroxylation sites is 1. The Bertz CT molecular complexity index is 461. The lowest BCUT2D eigenvalue weighted by molar-refractivity contribution is -0.138. The Kier molecular flexibility index (Phi) is 2.47. The van der Waals surface area contributed by atoms with E-state index < -0.39 is 23.7 Å². The second-order valence-corrected chi connectivity index (χ2v) is 3.45. The van der Waals surface area contributed by atoms with Gasteiger partial charge in [0.2, 0.25) is 5.91 Å². The number of carbonyl (C=O) groups is 2. The van der Waals surface area contributed by atoms with E-state index in [0.29, 0.717) is 5.69 Å². The van der Waals surface area contributed by atoms with Crippen molar-refractivity contribution in [2.45, 2.75) is 12.5 Å². The SMILES string of the molecule is O=C(O)CC1Nc2c(F)cccc2NC1=O. The largest absolute Gasteiger partial charge is 0.481 e. The molecule has 0 aliphatic carbocycles. The van der Waals surface area contributed by atoms with Crippen LogP contribution in [0.1, 0.15) is 6.42 Å². The average molecular weight is 224 g/mol. The zero-order valence-corrected chi connectivity index (χ0v) is 8.16. The molecule has 1 aromatic rings. The molecule has 1 heterocycles. The molecule has 3 N–H and O–H groups in total. The monoisotopic (exact) mass is 224 g/mol. The molecule has 0 saturated carbocycles. The number of carboxylic acid groups (broad SMARTS) is 1. The highest BCUT2D eigenvalue weighted by molar-refractivity contribution is 6.04. The van der Waals surface area contributed by atoms with Crippen molar-refractivity contribution in [2.75, 3.05) is 10.6 Å². The topological polar surface area (TPSA) is 78.4 Å². The lowest BCUT2D eigenvalue weighted by Crippen LogP contribution is -2.40. The first-order chi connectivity index (χ1) is 7.58. The van der Waals surface area contributed by atoms with Crippen LogP contribution in [0, 0.1) is 5.82 Å².